The van der Waals surface area contributed by atoms with Gasteiger partial charge in [0.25, 0.3) is 0 Å². The van der Waals surface area contributed by atoms with Crippen LogP contribution >= 0.6 is 47.0 Å². The number of benzene rings is 2. The Morgan fingerprint density at radius 2 is 0.500 bits per heavy atom. The zero-order valence-electron chi connectivity index (χ0n) is 11.7. The van der Waals surface area contributed by atoms with Gasteiger partial charge in [-0.1, -0.05) is 47.0 Å². The molecule has 2 aromatic carbocycles. The van der Waals surface area contributed by atoms with Crippen molar-refractivity contribution in [2.24, 2.45) is 0 Å². The summed E-state index contributed by atoms with van der Waals surface area (Å²) in [7, 11) is 0. The zero-order chi connectivity index (χ0) is 18.9. The van der Waals surface area contributed by atoms with Crippen LogP contribution in [-0.4, -0.2) is 0 Å². The third-order valence-electron chi connectivity index (χ3n) is 3.31. The summed E-state index contributed by atoms with van der Waals surface area (Å²) in [5, 5.41) is 0. The fourth-order valence-electron chi connectivity index (χ4n) is 2.13. The van der Waals surface area contributed by atoms with Gasteiger partial charge in [-0.25, -0.2) is 35.1 Å². The molecule has 0 aromatic heterocycles. The number of thioether (sulfide) groups is 4. The number of fused-ring (bicyclic) bond motifs is 2. The smallest absolute Gasteiger partial charge is 0.198 e. The standard InChI is InChI=1S/C14F8S4/c15-1-2(16)6(20)10-9(5(1)19)23-13(24-10)14-25-11-7(21)3(17)4(18)8(22)12(11)26-14. The molecule has 0 radical (unpaired) electrons. The highest BCUT2D eigenvalue weighted by Crippen LogP contribution is 2.63. The maximum absolute atomic E-state index is 13.8. The molecular formula is C14F8S4. The average Bonchev–Trinajstić information content (AvgIpc) is 3.26. The molecule has 0 aliphatic carbocycles. The predicted octanol–water partition coefficient (Wildman–Crippen LogP) is 7.02. The van der Waals surface area contributed by atoms with Crippen LogP contribution in [0.5, 0.6) is 0 Å². The van der Waals surface area contributed by atoms with E-state index in [1.54, 1.807) is 0 Å². The molecule has 0 N–H and O–H groups in total. The highest BCUT2D eigenvalue weighted by atomic mass is 32.2. The van der Waals surface area contributed by atoms with E-state index < -0.39 is 66.1 Å². The Balaban J connectivity index is 1.80. The van der Waals surface area contributed by atoms with Crippen molar-refractivity contribution in [2.45, 2.75) is 19.6 Å². The summed E-state index contributed by atoms with van der Waals surface area (Å²) in [5.74, 6) is -14.3. The maximum atomic E-state index is 13.8. The highest BCUT2D eigenvalue weighted by molar-refractivity contribution is 8.30. The molecule has 0 unspecified atom stereocenters. The fraction of sp³-hybridized carbons (Fsp3) is 0. The van der Waals surface area contributed by atoms with Gasteiger partial charge in [0.2, 0.25) is 0 Å². The summed E-state index contributed by atoms with van der Waals surface area (Å²) < 4.78 is 109. The Labute approximate surface area is 156 Å². The van der Waals surface area contributed by atoms with Gasteiger partial charge in [0, 0.05) is 0 Å². The van der Waals surface area contributed by atoms with Gasteiger partial charge >= 0.3 is 0 Å². The third-order valence-corrected chi connectivity index (χ3v) is 8.99. The van der Waals surface area contributed by atoms with Crippen molar-refractivity contribution < 1.29 is 35.1 Å². The lowest BCUT2D eigenvalue weighted by Crippen LogP contribution is -1.98. The summed E-state index contributed by atoms with van der Waals surface area (Å²) in [6, 6.07) is 0. The van der Waals surface area contributed by atoms with Gasteiger partial charge in [-0.15, -0.1) is 0 Å². The summed E-state index contributed by atoms with van der Waals surface area (Å²) in [6.07, 6.45) is 0. The van der Waals surface area contributed by atoms with E-state index >= 15 is 0 Å². The molecule has 2 aliphatic heterocycles. The van der Waals surface area contributed by atoms with Crippen molar-refractivity contribution in [3.63, 3.8) is 0 Å². The Morgan fingerprint density at radius 3 is 0.692 bits per heavy atom. The predicted molar refractivity (Wildman–Crippen MR) is 83.0 cm³/mol. The van der Waals surface area contributed by atoms with E-state index in [9.17, 15) is 35.1 Å². The molecule has 26 heavy (non-hydrogen) atoms. The minimum atomic E-state index is -1.98. The summed E-state index contributed by atoms with van der Waals surface area (Å²) >= 11 is 2.14. The van der Waals surface area contributed by atoms with Gasteiger partial charge in [-0.2, -0.15) is 0 Å². The molecule has 136 valence electrons. The molecule has 0 saturated carbocycles. The Bertz CT molecular complexity index is 874. The van der Waals surface area contributed by atoms with Crippen LogP contribution in [0.4, 0.5) is 35.1 Å². The second-order valence-corrected chi connectivity index (χ2v) is 9.41. The lowest BCUT2D eigenvalue weighted by atomic mass is 10.3. The monoisotopic (exact) mass is 448 g/mol. The molecule has 0 atom stereocenters. The average molecular weight is 448 g/mol. The van der Waals surface area contributed by atoms with Crippen molar-refractivity contribution in [3.8, 4) is 0 Å². The van der Waals surface area contributed by atoms with E-state index in [4.69, 9.17) is 0 Å². The number of hydrogen-bond acceptors (Lipinski definition) is 4. The highest BCUT2D eigenvalue weighted by Gasteiger charge is 2.37. The number of halogens is 8. The first-order valence-electron chi connectivity index (χ1n) is 6.39. The molecule has 2 heterocycles. The van der Waals surface area contributed by atoms with Crippen LogP contribution < -0.4 is 0 Å². The molecule has 2 aromatic rings. The molecule has 0 bridgehead atoms. The summed E-state index contributed by atoms with van der Waals surface area (Å²) in [4.78, 5) is -2.04. The van der Waals surface area contributed by atoms with E-state index in [2.05, 4.69) is 0 Å². The Kier molecular flexibility index (Phi) is 4.44. The van der Waals surface area contributed by atoms with Crippen LogP contribution in [0.2, 0.25) is 0 Å². The van der Waals surface area contributed by atoms with Gasteiger partial charge in [0.05, 0.1) is 28.1 Å². The topological polar surface area (TPSA) is 0 Å². The van der Waals surface area contributed by atoms with Crippen molar-refractivity contribution in [1.82, 2.24) is 0 Å². The van der Waals surface area contributed by atoms with Gasteiger partial charge < -0.3 is 0 Å². The first-order valence-corrected chi connectivity index (χ1v) is 9.66. The largest absolute Gasteiger partial charge is 0.202 e. The van der Waals surface area contributed by atoms with E-state index in [1.165, 1.54) is 0 Å². The molecule has 4 rings (SSSR count). The van der Waals surface area contributed by atoms with Crippen molar-refractivity contribution in [1.29, 1.82) is 0 Å². The molecule has 0 amide bonds. The van der Waals surface area contributed by atoms with Gasteiger partial charge in [0.1, 0.15) is 0 Å². The van der Waals surface area contributed by atoms with Crippen LogP contribution in [-0.2, 0) is 0 Å². The van der Waals surface area contributed by atoms with Crippen molar-refractivity contribution >= 4 is 47.0 Å². The van der Waals surface area contributed by atoms with Crippen molar-refractivity contribution in [3.05, 3.63) is 55.0 Å². The molecular weight excluding hydrogens is 448 g/mol. The number of rotatable bonds is 0. The summed E-state index contributed by atoms with van der Waals surface area (Å²) in [6.45, 7) is 0. The lowest BCUT2D eigenvalue weighted by molar-refractivity contribution is 0.385. The maximum Gasteiger partial charge on any atom is 0.198 e. The van der Waals surface area contributed by atoms with Gasteiger partial charge in [-0.3, -0.25) is 0 Å². The van der Waals surface area contributed by atoms with Crippen LogP contribution in [0, 0.1) is 46.5 Å². The lowest BCUT2D eigenvalue weighted by Gasteiger charge is -2.02. The first-order chi connectivity index (χ1) is 12.2. The second kappa shape index (κ2) is 6.28. The minimum Gasteiger partial charge on any atom is -0.202 e. The molecule has 0 saturated heterocycles. The van der Waals surface area contributed by atoms with Crippen molar-refractivity contribution in [2.75, 3.05) is 0 Å². The van der Waals surface area contributed by atoms with Crippen LogP contribution in [0.3, 0.4) is 0 Å². The molecule has 2 aliphatic rings. The quantitative estimate of drug-likeness (QED) is 0.241. The minimum absolute atomic E-state index is 0.0774. The molecule has 0 spiro atoms. The Morgan fingerprint density at radius 1 is 0.308 bits per heavy atom. The summed E-state index contributed by atoms with van der Waals surface area (Å²) in [5.41, 5.74) is 0. The first kappa shape index (κ1) is 18.4. The van der Waals surface area contributed by atoms with E-state index in [1.807, 2.05) is 0 Å². The third kappa shape index (κ3) is 2.49. The van der Waals surface area contributed by atoms with Crippen LogP contribution in [0.25, 0.3) is 0 Å². The molecule has 12 heteroatoms. The zero-order valence-corrected chi connectivity index (χ0v) is 14.9. The SMILES string of the molecule is Fc1c(F)c(F)c2c(c1F)SC(=C1Sc3c(F)c(F)c(F)c(F)c3S1)S2. The van der Waals surface area contributed by atoms with Crippen LogP contribution in [0.1, 0.15) is 0 Å². The second-order valence-electron chi connectivity index (χ2n) is 4.81. The van der Waals surface area contributed by atoms with E-state index in [0.717, 1.165) is 0 Å². The Hall–Kier alpha value is -0.980. The molecule has 0 nitrogen and oxygen atoms in total. The normalized spacial score (nSPS) is 15.7. The fourth-order valence-corrected chi connectivity index (χ4v) is 7.48. The number of hydrogen-bond donors (Lipinski definition) is 0. The molecule has 0 fully saturated rings. The van der Waals surface area contributed by atoms with Gasteiger partial charge in [-0.05, 0) is 0 Å². The van der Waals surface area contributed by atoms with E-state index in [0.29, 0.717) is 47.0 Å². The van der Waals surface area contributed by atoms with E-state index in [-0.39, 0.29) is 8.47 Å². The van der Waals surface area contributed by atoms with Gasteiger partial charge in [0.15, 0.2) is 46.5 Å². The van der Waals surface area contributed by atoms with Crippen LogP contribution in [0.15, 0.2) is 28.1 Å².